The maximum atomic E-state index is 12.8. The van der Waals surface area contributed by atoms with Crippen LogP contribution in [0.15, 0.2) is 30.3 Å². The highest BCUT2D eigenvalue weighted by Gasteiger charge is 2.23. The molecule has 27 heavy (non-hydrogen) atoms. The molecule has 3 rings (SSSR count). The number of benzene rings is 1. The van der Waals surface area contributed by atoms with Crippen LogP contribution in [0.4, 0.5) is 11.6 Å². The van der Waals surface area contributed by atoms with Gasteiger partial charge < -0.3 is 15.0 Å². The van der Waals surface area contributed by atoms with Gasteiger partial charge in [0.05, 0.1) is 12.7 Å². The van der Waals surface area contributed by atoms with Crippen LogP contribution in [0.5, 0.6) is 0 Å². The van der Waals surface area contributed by atoms with E-state index in [-0.39, 0.29) is 5.91 Å². The number of ether oxygens (including phenoxy) is 1. The topological polar surface area (TPSA) is 84.4 Å². The number of hydrogen-bond donors (Lipinski definition) is 1. The molecule has 1 aromatic heterocycles. The van der Waals surface area contributed by atoms with Crippen LogP contribution in [0, 0.1) is 12.8 Å². The summed E-state index contributed by atoms with van der Waals surface area (Å²) >= 11 is 0. The number of amides is 1. The van der Waals surface area contributed by atoms with Crippen molar-refractivity contribution in [2.24, 2.45) is 5.92 Å². The van der Waals surface area contributed by atoms with Crippen molar-refractivity contribution < 1.29 is 14.3 Å². The third-order valence-corrected chi connectivity index (χ3v) is 4.56. The first-order valence-corrected chi connectivity index (χ1v) is 9.06. The number of methoxy groups -OCH3 is 1. The summed E-state index contributed by atoms with van der Waals surface area (Å²) in [6.07, 6.45) is 2.17. The molecule has 2 aromatic rings. The number of aryl methyl sites for hydroxylation is 1. The summed E-state index contributed by atoms with van der Waals surface area (Å²) in [7, 11) is 1.34. The first-order chi connectivity index (χ1) is 13.0. The Hall–Kier alpha value is -2.96. The van der Waals surface area contributed by atoms with Crippen LogP contribution < -0.4 is 5.32 Å². The maximum Gasteiger partial charge on any atom is 0.337 e. The molecule has 1 amide bonds. The van der Waals surface area contributed by atoms with Crippen molar-refractivity contribution in [2.75, 3.05) is 25.5 Å². The van der Waals surface area contributed by atoms with Gasteiger partial charge in [0.1, 0.15) is 5.69 Å². The second kappa shape index (κ2) is 8.16. The van der Waals surface area contributed by atoms with Crippen molar-refractivity contribution in [2.45, 2.75) is 26.7 Å². The van der Waals surface area contributed by atoms with Crippen molar-refractivity contribution in [1.82, 2.24) is 14.9 Å². The average molecular weight is 368 g/mol. The molecule has 0 radical (unpaired) electrons. The third-order valence-electron chi connectivity index (χ3n) is 4.56. The van der Waals surface area contributed by atoms with Crippen LogP contribution in [0.25, 0.3) is 0 Å². The van der Waals surface area contributed by atoms with Crippen LogP contribution in [-0.2, 0) is 4.74 Å². The lowest BCUT2D eigenvalue weighted by molar-refractivity contribution is 0.0600. The Bertz CT molecular complexity index is 853. The van der Waals surface area contributed by atoms with Gasteiger partial charge in [-0.1, -0.05) is 13.0 Å². The molecular formula is C20H24N4O3. The molecule has 142 valence electrons. The quantitative estimate of drug-likeness (QED) is 0.835. The Morgan fingerprint density at radius 2 is 2.07 bits per heavy atom. The van der Waals surface area contributed by atoms with E-state index in [0.29, 0.717) is 34.5 Å². The fourth-order valence-corrected chi connectivity index (χ4v) is 3.24. The highest BCUT2D eigenvalue weighted by molar-refractivity contribution is 5.93. The first-order valence-electron chi connectivity index (χ1n) is 9.06. The molecule has 0 saturated carbocycles. The number of nitrogens with one attached hydrogen (secondary N) is 1. The summed E-state index contributed by atoms with van der Waals surface area (Å²) in [5.41, 5.74) is 2.15. The van der Waals surface area contributed by atoms with Gasteiger partial charge >= 0.3 is 5.97 Å². The molecule has 2 heterocycles. The summed E-state index contributed by atoms with van der Waals surface area (Å²) in [5.74, 6) is 0.340. The third kappa shape index (κ3) is 4.61. The van der Waals surface area contributed by atoms with E-state index in [0.717, 1.165) is 25.9 Å². The molecule has 0 bridgehead atoms. The van der Waals surface area contributed by atoms with Gasteiger partial charge in [-0.2, -0.15) is 0 Å². The number of aromatic nitrogens is 2. The lowest BCUT2D eigenvalue weighted by atomic mass is 10.00. The van der Waals surface area contributed by atoms with Crippen molar-refractivity contribution >= 4 is 23.5 Å². The number of anilines is 2. The van der Waals surface area contributed by atoms with Gasteiger partial charge in [-0.3, -0.25) is 4.79 Å². The molecule has 0 aliphatic carbocycles. The number of carbonyl (C=O) groups excluding carboxylic acids is 2. The van der Waals surface area contributed by atoms with Gasteiger partial charge in [-0.25, -0.2) is 14.8 Å². The van der Waals surface area contributed by atoms with Crippen LogP contribution in [0.2, 0.25) is 0 Å². The summed E-state index contributed by atoms with van der Waals surface area (Å²) in [5, 5.41) is 3.07. The van der Waals surface area contributed by atoms with Gasteiger partial charge in [0.25, 0.3) is 5.91 Å². The van der Waals surface area contributed by atoms with E-state index >= 15 is 0 Å². The summed E-state index contributed by atoms with van der Waals surface area (Å²) < 4.78 is 4.74. The van der Waals surface area contributed by atoms with Gasteiger partial charge in [-0.15, -0.1) is 0 Å². The molecule has 1 N–H and O–H groups in total. The van der Waals surface area contributed by atoms with E-state index in [2.05, 4.69) is 22.2 Å². The first kappa shape index (κ1) is 18.8. The number of piperidine rings is 1. The van der Waals surface area contributed by atoms with Gasteiger partial charge in [0.2, 0.25) is 5.95 Å². The van der Waals surface area contributed by atoms with Crippen LogP contribution in [0.3, 0.4) is 0 Å². The highest BCUT2D eigenvalue weighted by Crippen LogP contribution is 2.20. The summed E-state index contributed by atoms with van der Waals surface area (Å²) in [6, 6.07) is 8.57. The Kier molecular flexibility index (Phi) is 5.69. The molecule has 1 aliphatic rings. The standard InChI is InChI=1S/C20H24N4O3/c1-13-6-5-9-24(12-13)18(25)17-10-14(2)21-20(23-17)22-16-8-4-7-15(11-16)19(26)27-3/h4,7-8,10-11,13H,5-6,9,12H2,1-3H3,(H,21,22,23). The Labute approximate surface area is 158 Å². The molecule has 0 spiro atoms. The average Bonchev–Trinajstić information content (AvgIpc) is 2.66. The van der Waals surface area contributed by atoms with E-state index in [1.165, 1.54) is 7.11 Å². The zero-order valence-corrected chi connectivity index (χ0v) is 15.9. The number of esters is 1. The van der Waals surface area contributed by atoms with E-state index < -0.39 is 5.97 Å². The molecule has 1 aromatic carbocycles. The lowest BCUT2D eigenvalue weighted by Crippen LogP contribution is -2.39. The Morgan fingerprint density at radius 1 is 1.26 bits per heavy atom. The molecule has 1 aliphatic heterocycles. The molecule has 1 fully saturated rings. The molecule has 1 atom stereocenters. The monoisotopic (exact) mass is 368 g/mol. The number of rotatable bonds is 4. The van der Waals surface area contributed by atoms with E-state index in [4.69, 9.17) is 4.74 Å². The normalized spacial score (nSPS) is 16.7. The van der Waals surface area contributed by atoms with Gasteiger partial charge in [0.15, 0.2) is 0 Å². The fraction of sp³-hybridized carbons (Fsp3) is 0.400. The summed E-state index contributed by atoms with van der Waals surface area (Å²) in [4.78, 5) is 35.1. The predicted molar refractivity (Wildman–Crippen MR) is 102 cm³/mol. The minimum absolute atomic E-state index is 0.0709. The van der Waals surface area contributed by atoms with Crippen molar-refractivity contribution in [3.8, 4) is 0 Å². The van der Waals surface area contributed by atoms with Gasteiger partial charge in [0, 0.05) is 24.5 Å². The number of hydrogen-bond acceptors (Lipinski definition) is 6. The largest absolute Gasteiger partial charge is 0.465 e. The Balaban J connectivity index is 1.81. The minimum atomic E-state index is -0.418. The fourth-order valence-electron chi connectivity index (χ4n) is 3.24. The number of nitrogens with zero attached hydrogens (tertiary/aromatic N) is 3. The van der Waals surface area contributed by atoms with Crippen LogP contribution >= 0.6 is 0 Å². The number of likely N-dealkylation sites (tertiary alicyclic amines) is 1. The second-order valence-corrected chi connectivity index (χ2v) is 6.91. The zero-order chi connectivity index (χ0) is 19.4. The molecule has 1 unspecified atom stereocenters. The van der Waals surface area contributed by atoms with E-state index in [1.54, 1.807) is 30.3 Å². The highest BCUT2D eigenvalue weighted by atomic mass is 16.5. The maximum absolute atomic E-state index is 12.8. The number of carbonyl (C=O) groups is 2. The molecule has 7 nitrogen and oxygen atoms in total. The van der Waals surface area contributed by atoms with Crippen molar-refractivity contribution in [1.29, 1.82) is 0 Å². The minimum Gasteiger partial charge on any atom is -0.465 e. The van der Waals surface area contributed by atoms with E-state index in [1.807, 2.05) is 11.8 Å². The summed E-state index contributed by atoms with van der Waals surface area (Å²) in [6.45, 7) is 5.50. The molecule has 1 saturated heterocycles. The SMILES string of the molecule is COC(=O)c1cccc(Nc2nc(C)cc(C(=O)N3CCCC(C)C3)n2)c1. The van der Waals surface area contributed by atoms with Gasteiger partial charge in [-0.05, 0) is 49.9 Å². The smallest absolute Gasteiger partial charge is 0.337 e. The van der Waals surface area contributed by atoms with E-state index in [9.17, 15) is 9.59 Å². The molecule has 7 heteroatoms. The lowest BCUT2D eigenvalue weighted by Gasteiger charge is -2.30. The van der Waals surface area contributed by atoms with Crippen molar-refractivity contribution in [3.05, 3.63) is 47.3 Å². The Morgan fingerprint density at radius 3 is 2.81 bits per heavy atom. The zero-order valence-electron chi connectivity index (χ0n) is 15.9. The second-order valence-electron chi connectivity index (χ2n) is 6.91. The molecular weight excluding hydrogens is 344 g/mol. The van der Waals surface area contributed by atoms with Crippen LogP contribution in [-0.4, -0.2) is 46.9 Å². The van der Waals surface area contributed by atoms with Crippen molar-refractivity contribution in [3.63, 3.8) is 0 Å². The van der Waals surface area contributed by atoms with Crippen LogP contribution in [0.1, 0.15) is 46.3 Å². The predicted octanol–water partition coefficient (Wildman–Crippen LogP) is 3.19.